The fourth-order valence-electron chi connectivity index (χ4n) is 2.58. The van der Waals surface area contributed by atoms with Crippen LogP contribution in [0.3, 0.4) is 0 Å². The van der Waals surface area contributed by atoms with Gasteiger partial charge in [-0.3, -0.25) is 0 Å². The quantitative estimate of drug-likeness (QED) is 0.507. The maximum Gasteiger partial charge on any atom is 0.154 e. The fourth-order valence-corrected chi connectivity index (χ4v) is 2.58. The van der Waals surface area contributed by atoms with Gasteiger partial charge in [0.1, 0.15) is 16.9 Å². The third-order valence-corrected chi connectivity index (χ3v) is 3.84. The van der Waals surface area contributed by atoms with E-state index in [-0.39, 0.29) is 0 Å². The first-order valence-electron chi connectivity index (χ1n) is 7.57. The lowest BCUT2D eigenvalue weighted by molar-refractivity contribution is 0.736. The smallest absolute Gasteiger partial charge is 0.154 e. The van der Waals surface area contributed by atoms with E-state index in [1.807, 2.05) is 25.2 Å². The number of anilines is 2. The highest BCUT2D eigenvalue weighted by molar-refractivity contribution is 5.93. The van der Waals surface area contributed by atoms with Crippen LogP contribution in [0.2, 0.25) is 0 Å². The van der Waals surface area contributed by atoms with Crippen molar-refractivity contribution in [3.8, 4) is 11.8 Å². The number of pyridine rings is 1. The van der Waals surface area contributed by atoms with Gasteiger partial charge in [0.2, 0.25) is 0 Å². The average molecular weight is 330 g/mol. The Morgan fingerprint density at radius 1 is 1.12 bits per heavy atom. The Bertz CT molecular complexity index is 1170. The van der Waals surface area contributed by atoms with Gasteiger partial charge in [0.15, 0.2) is 5.82 Å². The molecular weight excluding hydrogens is 316 g/mol. The third-order valence-electron chi connectivity index (χ3n) is 3.84. The number of nitrogens with zero attached hydrogens (tertiary/aromatic N) is 6. The summed E-state index contributed by atoms with van der Waals surface area (Å²) in [5, 5.41) is 19.9. The topological polar surface area (TPSA) is 107 Å². The summed E-state index contributed by atoms with van der Waals surface area (Å²) in [6, 6.07) is 7.52. The van der Waals surface area contributed by atoms with Crippen molar-refractivity contribution in [2.24, 2.45) is 7.05 Å². The molecule has 122 valence electrons. The number of aryl methyl sites for hydroxylation is 1. The zero-order valence-corrected chi connectivity index (χ0v) is 13.6. The van der Waals surface area contributed by atoms with Crippen molar-refractivity contribution in [3.63, 3.8) is 0 Å². The highest BCUT2D eigenvalue weighted by Gasteiger charge is 2.08. The lowest BCUT2D eigenvalue weighted by Gasteiger charge is -2.05. The molecule has 1 aromatic carbocycles. The second-order valence-corrected chi connectivity index (χ2v) is 5.47. The first-order valence-corrected chi connectivity index (χ1v) is 7.57. The van der Waals surface area contributed by atoms with Crippen LogP contribution in [-0.4, -0.2) is 37.2 Å². The highest BCUT2D eigenvalue weighted by atomic mass is 15.4. The molecule has 8 nitrogen and oxygen atoms in total. The summed E-state index contributed by atoms with van der Waals surface area (Å²) in [4.78, 5) is 4.34. The predicted molar refractivity (Wildman–Crippen MR) is 95.8 cm³/mol. The molecule has 0 aliphatic carbocycles. The molecule has 0 radical (unpaired) electrons. The zero-order valence-electron chi connectivity index (χ0n) is 13.6. The summed E-state index contributed by atoms with van der Waals surface area (Å²) in [6.07, 6.45) is 1.70. The molecule has 4 aromatic rings. The summed E-state index contributed by atoms with van der Waals surface area (Å²) in [7, 11) is 3.63. The van der Waals surface area contributed by atoms with E-state index in [1.54, 1.807) is 24.0 Å². The molecule has 0 fully saturated rings. The number of hydrogen-bond donors (Lipinski definition) is 2. The van der Waals surface area contributed by atoms with Crippen LogP contribution in [-0.2, 0) is 7.05 Å². The molecule has 25 heavy (non-hydrogen) atoms. The molecule has 0 aliphatic rings. The van der Waals surface area contributed by atoms with Crippen molar-refractivity contribution in [1.82, 2.24) is 30.2 Å². The van der Waals surface area contributed by atoms with Gasteiger partial charge < -0.3 is 11.1 Å². The predicted octanol–water partition coefficient (Wildman–Crippen LogP) is 1.33. The number of rotatable bonds is 1. The van der Waals surface area contributed by atoms with E-state index in [2.05, 4.69) is 42.7 Å². The SMILES string of the molecule is CNc1ncc(C#Cc2ccc3nnn(C)c3c2)c2cc(N)nnc12. The van der Waals surface area contributed by atoms with Crippen LogP contribution in [0.25, 0.3) is 21.9 Å². The maximum absolute atomic E-state index is 5.78. The minimum absolute atomic E-state index is 0.339. The Hall–Kier alpha value is -3.73. The van der Waals surface area contributed by atoms with Crippen LogP contribution in [0.15, 0.2) is 30.5 Å². The first kappa shape index (κ1) is 14.8. The number of hydrogen-bond acceptors (Lipinski definition) is 7. The molecule has 0 spiro atoms. The standard InChI is InChI=1S/C17H14N8/c1-19-17-16-12(8-15(18)22-23-16)11(9-20-17)5-3-10-4-6-13-14(7-10)25(2)24-21-13/h4,6-9H,1-2H3,(H2,18,22)(H,19,20). The molecule has 0 saturated heterocycles. The lowest BCUT2D eigenvalue weighted by atomic mass is 10.1. The van der Waals surface area contributed by atoms with Crippen molar-refractivity contribution >= 4 is 33.6 Å². The summed E-state index contributed by atoms with van der Waals surface area (Å²) in [6.45, 7) is 0. The molecule has 0 bridgehead atoms. The Labute approximate surface area is 143 Å². The van der Waals surface area contributed by atoms with Crippen LogP contribution in [0.4, 0.5) is 11.6 Å². The second kappa shape index (κ2) is 5.72. The van der Waals surface area contributed by atoms with Gasteiger partial charge in [-0.25, -0.2) is 9.67 Å². The molecule has 0 aliphatic heterocycles. The number of aromatic nitrogens is 6. The van der Waals surface area contributed by atoms with Gasteiger partial charge in [0, 0.05) is 31.2 Å². The van der Waals surface area contributed by atoms with Crippen molar-refractivity contribution in [2.75, 3.05) is 18.1 Å². The molecular formula is C17H14N8. The van der Waals surface area contributed by atoms with Crippen LogP contribution < -0.4 is 11.1 Å². The molecule has 0 unspecified atom stereocenters. The number of nitrogen functional groups attached to an aromatic ring is 1. The Balaban J connectivity index is 1.84. The van der Waals surface area contributed by atoms with Gasteiger partial charge in [-0.2, -0.15) is 0 Å². The fraction of sp³-hybridized carbons (Fsp3) is 0.118. The number of fused-ring (bicyclic) bond motifs is 2. The largest absolute Gasteiger partial charge is 0.382 e. The van der Waals surface area contributed by atoms with Gasteiger partial charge in [0.05, 0.1) is 11.1 Å². The summed E-state index contributed by atoms with van der Waals surface area (Å²) < 4.78 is 1.72. The first-order chi connectivity index (χ1) is 12.2. The second-order valence-electron chi connectivity index (χ2n) is 5.47. The summed E-state index contributed by atoms with van der Waals surface area (Å²) in [5.74, 6) is 7.27. The highest BCUT2D eigenvalue weighted by Crippen LogP contribution is 2.22. The molecule has 0 saturated carbocycles. The molecule has 8 heteroatoms. The van der Waals surface area contributed by atoms with E-state index >= 15 is 0 Å². The molecule has 3 aromatic heterocycles. The number of benzene rings is 1. The van der Waals surface area contributed by atoms with E-state index < -0.39 is 0 Å². The Morgan fingerprint density at radius 3 is 2.84 bits per heavy atom. The van der Waals surface area contributed by atoms with Gasteiger partial charge in [-0.15, -0.1) is 15.3 Å². The normalized spacial score (nSPS) is 10.6. The summed E-state index contributed by atoms with van der Waals surface area (Å²) >= 11 is 0. The Morgan fingerprint density at radius 2 is 2.00 bits per heavy atom. The van der Waals surface area contributed by atoms with Gasteiger partial charge in [0.25, 0.3) is 0 Å². The van der Waals surface area contributed by atoms with E-state index in [0.717, 1.165) is 27.5 Å². The minimum atomic E-state index is 0.339. The number of nitrogens with one attached hydrogen (secondary N) is 1. The third kappa shape index (κ3) is 2.57. The van der Waals surface area contributed by atoms with Gasteiger partial charge in [-0.1, -0.05) is 17.1 Å². The summed E-state index contributed by atoms with van der Waals surface area (Å²) in [5.41, 5.74) is 9.77. The van der Waals surface area contributed by atoms with E-state index in [4.69, 9.17) is 5.73 Å². The van der Waals surface area contributed by atoms with E-state index in [1.165, 1.54) is 0 Å². The monoisotopic (exact) mass is 330 g/mol. The van der Waals surface area contributed by atoms with Crippen LogP contribution in [0.1, 0.15) is 11.1 Å². The molecule has 0 atom stereocenters. The lowest BCUT2D eigenvalue weighted by Crippen LogP contribution is -2.00. The molecule has 4 rings (SSSR count). The van der Waals surface area contributed by atoms with Crippen molar-refractivity contribution in [3.05, 3.63) is 41.6 Å². The average Bonchev–Trinajstić information content (AvgIpc) is 3.00. The van der Waals surface area contributed by atoms with Crippen molar-refractivity contribution in [2.45, 2.75) is 0 Å². The van der Waals surface area contributed by atoms with Gasteiger partial charge >= 0.3 is 0 Å². The van der Waals surface area contributed by atoms with Crippen LogP contribution >= 0.6 is 0 Å². The van der Waals surface area contributed by atoms with Crippen molar-refractivity contribution < 1.29 is 0 Å². The van der Waals surface area contributed by atoms with E-state index in [0.29, 0.717) is 17.2 Å². The maximum atomic E-state index is 5.78. The van der Waals surface area contributed by atoms with E-state index in [9.17, 15) is 0 Å². The molecule has 0 amide bonds. The van der Waals surface area contributed by atoms with Crippen molar-refractivity contribution in [1.29, 1.82) is 0 Å². The molecule has 3 N–H and O–H groups in total. The van der Waals surface area contributed by atoms with Crippen LogP contribution in [0, 0.1) is 11.8 Å². The minimum Gasteiger partial charge on any atom is -0.382 e. The van der Waals surface area contributed by atoms with Crippen LogP contribution in [0.5, 0.6) is 0 Å². The van der Waals surface area contributed by atoms with Gasteiger partial charge in [-0.05, 0) is 24.3 Å². The Kier molecular flexibility index (Phi) is 3.40. The zero-order chi connectivity index (χ0) is 17.4. The number of nitrogens with two attached hydrogens (primary N) is 1. The molecule has 3 heterocycles.